The third kappa shape index (κ3) is 3.31. The number of likely N-dealkylation sites (N-methyl/N-ethyl adjacent to an activating group) is 1. The Labute approximate surface area is 155 Å². The molecule has 1 saturated heterocycles. The topological polar surface area (TPSA) is 39.7 Å². The minimum Gasteiger partial charge on any atom is -0.340 e. The van der Waals surface area contributed by atoms with Gasteiger partial charge in [-0.25, -0.2) is 0 Å². The number of amides is 1. The van der Waals surface area contributed by atoms with Gasteiger partial charge in [0, 0.05) is 44.6 Å². The zero-order chi connectivity index (χ0) is 17.9. The van der Waals surface area contributed by atoms with E-state index in [9.17, 15) is 4.79 Å². The first-order valence-corrected chi connectivity index (χ1v) is 9.58. The third-order valence-corrected chi connectivity index (χ3v) is 5.50. The van der Waals surface area contributed by atoms with Crippen LogP contribution < -0.4 is 4.90 Å². The van der Waals surface area contributed by atoms with Gasteiger partial charge in [-0.2, -0.15) is 0 Å². The summed E-state index contributed by atoms with van der Waals surface area (Å²) in [4.78, 5) is 23.9. The molecule has 0 radical (unpaired) electrons. The lowest BCUT2D eigenvalue weighted by atomic mass is 10.0. The number of carbonyl (C=O) groups is 1. The van der Waals surface area contributed by atoms with Crippen LogP contribution in [0.4, 0.5) is 11.4 Å². The molecule has 2 aliphatic heterocycles. The normalized spacial score (nSPS) is 17.9. The zero-order valence-corrected chi connectivity index (χ0v) is 15.4. The van der Waals surface area contributed by atoms with E-state index in [4.69, 9.17) is 0 Å². The monoisotopic (exact) mass is 350 g/mol. The quantitative estimate of drug-likeness (QED) is 0.853. The van der Waals surface area contributed by atoms with Gasteiger partial charge in [0.1, 0.15) is 0 Å². The minimum atomic E-state index is 0.0976. The van der Waals surface area contributed by atoms with Crippen molar-refractivity contribution in [3.05, 3.63) is 53.9 Å². The number of carbonyl (C=O) groups excluding carboxylic acids is 1. The van der Waals surface area contributed by atoms with Crippen molar-refractivity contribution >= 4 is 17.3 Å². The standard InChI is InChI=1S/C21H26N4O/c1-2-23-10-12-24(13-11-23)21(26)18-14-19(16-22-15-18)25-9-5-7-17-6-3-4-8-20(17)25/h3-4,6,8,14-16H,2,5,7,9-13H2,1H3. The Balaban J connectivity index is 1.55. The number of rotatable bonds is 3. The molecule has 4 rings (SSSR count). The molecular weight excluding hydrogens is 324 g/mol. The smallest absolute Gasteiger partial charge is 0.255 e. The van der Waals surface area contributed by atoms with E-state index in [0.29, 0.717) is 5.56 Å². The van der Waals surface area contributed by atoms with Crippen molar-refractivity contribution in [2.45, 2.75) is 19.8 Å². The second kappa shape index (κ2) is 7.46. The van der Waals surface area contributed by atoms with Crippen LogP contribution >= 0.6 is 0 Å². The molecule has 136 valence electrons. The Kier molecular flexibility index (Phi) is 4.89. The second-order valence-corrected chi connectivity index (χ2v) is 7.04. The number of aromatic nitrogens is 1. The highest BCUT2D eigenvalue weighted by atomic mass is 16.2. The number of benzene rings is 1. The Morgan fingerprint density at radius 3 is 2.69 bits per heavy atom. The van der Waals surface area contributed by atoms with Gasteiger partial charge in [0.15, 0.2) is 0 Å². The summed E-state index contributed by atoms with van der Waals surface area (Å²) >= 11 is 0. The van der Waals surface area contributed by atoms with Crippen LogP contribution in [0.1, 0.15) is 29.3 Å². The first-order valence-electron chi connectivity index (χ1n) is 9.58. The van der Waals surface area contributed by atoms with Crippen LogP contribution in [0.5, 0.6) is 0 Å². The Hall–Kier alpha value is -2.40. The SMILES string of the molecule is CCN1CCN(C(=O)c2cncc(N3CCCc4ccccc43)c2)CC1. The summed E-state index contributed by atoms with van der Waals surface area (Å²) in [7, 11) is 0. The number of hydrogen-bond acceptors (Lipinski definition) is 4. The van der Waals surface area contributed by atoms with Crippen LogP contribution in [-0.4, -0.2) is 60.0 Å². The van der Waals surface area contributed by atoms with Gasteiger partial charge >= 0.3 is 0 Å². The molecule has 0 aliphatic carbocycles. The fourth-order valence-electron chi connectivity index (χ4n) is 3.94. The number of hydrogen-bond donors (Lipinski definition) is 0. The molecule has 1 aromatic carbocycles. The summed E-state index contributed by atoms with van der Waals surface area (Å²) in [6, 6.07) is 10.5. The van der Waals surface area contributed by atoms with E-state index in [1.807, 2.05) is 17.2 Å². The molecule has 2 aromatic rings. The van der Waals surface area contributed by atoms with Crippen molar-refractivity contribution in [3.63, 3.8) is 0 Å². The maximum Gasteiger partial charge on any atom is 0.255 e. The van der Waals surface area contributed by atoms with Gasteiger partial charge < -0.3 is 14.7 Å². The fourth-order valence-corrected chi connectivity index (χ4v) is 3.94. The van der Waals surface area contributed by atoms with Gasteiger partial charge in [0.2, 0.25) is 0 Å². The fraction of sp³-hybridized carbons (Fsp3) is 0.429. The molecule has 2 aliphatic rings. The van der Waals surface area contributed by atoms with Crippen molar-refractivity contribution < 1.29 is 4.79 Å². The van der Waals surface area contributed by atoms with Gasteiger partial charge in [-0.1, -0.05) is 25.1 Å². The number of piperazine rings is 1. The number of para-hydroxylation sites is 1. The average Bonchev–Trinajstić information content (AvgIpc) is 2.73. The van der Waals surface area contributed by atoms with Crippen molar-refractivity contribution in [1.29, 1.82) is 0 Å². The van der Waals surface area contributed by atoms with E-state index in [1.165, 1.54) is 11.3 Å². The lowest BCUT2D eigenvalue weighted by Crippen LogP contribution is -2.48. The number of nitrogens with zero attached hydrogens (tertiary/aromatic N) is 4. The average molecular weight is 350 g/mol. The summed E-state index contributed by atoms with van der Waals surface area (Å²) < 4.78 is 0. The highest BCUT2D eigenvalue weighted by molar-refractivity contribution is 5.95. The summed E-state index contributed by atoms with van der Waals surface area (Å²) in [6.07, 6.45) is 5.80. The molecule has 0 bridgehead atoms. The Morgan fingerprint density at radius 1 is 1.08 bits per heavy atom. The summed E-state index contributed by atoms with van der Waals surface area (Å²) in [5.41, 5.74) is 4.30. The third-order valence-electron chi connectivity index (χ3n) is 5.50. The van der Waals surface area contributed by atoms with Gasteiger partial charge in [-0.3, -0.25) is 9.78 Å². The van der Waals surface area contributed by atoms with E-state index >= 15 is 0 Å². The molecule has 0 unspecified atom stereocenters. The lowest BCUT2D eigenvalue weighted by Gasteiger charge is -2.34. The largest absolute Gasteiger partial charge is 0.340 e. The highest BCUT2D eigenvalue weighted by Gasteiger charge is 2.23. The molecule has 1 aromatic heterocycles. The molecular formula is C21H26N4O. The predicted molar refractivity (Wildman–Crippen MR) is 104 cm³/mol. The van der Waals surface area contributed by atoms with Crippen molar-refractivity contribution in [3.8, 4) is 0 Å². The molecule has 3 heterocycles. The lowest BCUT2D eigenvalue weighted by molar-refractivity contribution is 0.0643. The second-order valence-electron chi connectivity index (χ2n) is 7.04. The first kappa shape index (κ1) is 17.0. The van der Waals surface area contributed by atoms with Crippen LogP contribution in [0.25, 0.3) is 0 Å². The van der Waals surface area contributed by atoms with Crippen molar-refractivity contribution in [2.75, 3.05) is 44.2 Å². The molecule has 0 saturated carbocycles. The predicted octanol–water partition coefficient (Wildman–Crippen LogP) is 2.94. The molecule has 0 N–H and O–H groups in total. The summed E-state index contributed by atoms with van der Waals surface area (Å²) in [5, 5.41) is 0. The number of pyridine rings is 1. The number of aryl methyl sites for hydroxylation is 1. The van der Waals surface area contributed by atoms with Gasteiger partial charge in [-0.05, 0) is 37.1 Å². The maximum atomic E-state index is 12.9. The van der Waals surface area contributed by atoms with E-state index in [0.717, 1.165) is 57.8 Å². The molecule has 5 heteroatoms. The van der Waals surface area contributed by atoms with E-state index in [1.54, 1.807) is 6.20 Å². The van der Waals surface area contributed by atoms with E-state index in [-0.39, 0.29) is 5.91 Å². The van der Waals surface area contributed by atoms with E-state index in [2.05, 4.69) is 46.0 Å². The molecule has 1 fully saturated rings. The Bertz CT molecular complexity index is 783. The van der Waals surface area contributed by atoms with Crippen molar-refractivity contribution in [1.82, 2.24) is 14.8 Å². The number of anilines is 2. The number of fused-ring (bicyclic) bond motifs is 1. The molecule has 26 heavy (non-hydrogen) atoms. The molecule has 5 nitrogen and oxygen atoms in total. The summed E-state index contributed by atoms with van der Waals surface area (Å²) in [5.74, 6) is 0.0976. The van der Waals surface area contributed by atoms with Crippen LogP contribution in [0, 0.1) is 0 Å². The summed E-state index contributed by atoms with van der Waals surface area (Å²) in [6.45, 7) is 7.68. The van der Waals surface area contributed by atoms with Crippen LogP contribution in [-0.2, 0) is 6.42 Å². The highest BCUT2D eigenvalue weighted by Crippen LogP contribution is 2.33. The van der Waals surface area contributed by atoms with Crippen LogP contribution in [0.2, 0.25) is 0 Å². The molecule has 0 spiro atoms. The van der Waals surface area contributed by atoms with Crippen LogP contribution in [0.15, 0.2) is 42.7 Å². The maximum absolute atomic E-state index is 12.9. The van der Waals surface area contributed by atoms with E-state index < -0.39 is 0 Å². The minimum absolute atomic E-state index is 0.0976. The van der Waals surface area contributed by atoms with Crippen LogP contribution in [0.3, 0.4) is 0 Å². The molecule has 0 atom stereocenters. The molecule has 1 amide bonds. The van der Waals surface area contributed by atoms with Gasteiger partial charge in [0.25, 0.3) is 5.91 Å². The zero-order valence-electron chi connectivity index (χ0n) is 15.4. The van der Waals surface area contributed by atoms with Crippen molar-refractivity contribution in [2.24, 2.45) is 0 Å². The first-order chi connectivity index (χ1) is 12.8. The van der Waals surface area contributed by atoms with Gasteiger partial charge in [-0.15, -0.1) is 0 Å². The Morgan fingerprint density at radius 2 is 1.88 bits per heavy atom. The van der Waals surface area contributed by atoms with Gasteiger partial charge in [0.05, 0.1) is 17.4 Å².